The molecule has 19 heavy (non-hydrogen) atoms. The number of nitrogens with two attached hydrogens (primary N) is 1. The minimum Gasteiger partial charge on any atom is -0.248 e. The lowest BCUT2D eigenvalue weighted by Crippen LogP contribution is -2.12. The number of aromatic nitrogens is 3. The summed E-state index contributed by atoms with van der Waals surface area (Å²) in [5.41, 5.74) is 2.00. The molecule has 0 saturated heterocycles. The highest BCUT2D eigenvalue weighted by Gasteiger charge is 2.26. The molecule has 0 amide bonds. The number of hydrogen-bond acceptors (Lipinski definition) is 4. The topological polar surface area (TPSA) is 90.9 Å². The van der Waals surface area contributed by atoms with E-state index in [1.807, 2.05) is 6.20 Å². The average molecular weight is 278 g/mol. The van der Waals surface area contributed by atoms with Gasteiger partial charge in [0.2, 0.25) is 10.0 Å². The molecule has 2 N–H and O–H groups in total. The van der Waals surface area contributed by atoms with Crippen molar-refractivity contribution in [3.05, 3.63) is 41.7 Å². The molecule has 7 heteroatoms. The first-order valence-electron chi connectivity index (χ1n) is 6.04. The summed E-state index contributed by atoms with van der Waals surface area (Å²) >= 11 is 0. The highest BCUT2D eigenvalue weighted by Crippen LogP contribution is 2.38. The van der Waals surface area contributed by atoms with E-state index < -0.39 is 10.0 Å². The Labute approximate surface area is 111 Å². The Morgan fingerprint density at radius 3 is 2.53 bits per heavy atom. The number of sulfonamides is 1. The number of rotatable bonds is 4. The molecule has 1 saturated carbocycles. The van der Waals surface area contributed by atoms with E-state index in [0.717, 1.165) is 11.3 Å². The number of nitrogens with zero attached hydrogens (tertiary/aromatic N) is 3. The molecule has 0 bridgehead atoms. The van der Waals surface area contributed by atoms with Crippen molar-refractivity contribution in [1.82, 2.24) is 15.0 Å². The van der Waals surface area contributed by atoms with Crippen LogP contribution in [0.25, 0.3) is 0 Å². The molecule has 1 aromatic heterocycles. The summed E-state index contributed by atoms with van der Waals surface area (Å²) in [6.45, 7) is 0.574. The van der Waals surface area contributed by atoms with E-state index >= 15 is 0 Å². The molecule has 1 aromatic carbocycles. The number of benzene rings is 1. The van der Waals surface area contributed by atoms with Gasteiger partial charge in [-0.15, -0.1) is 5.10 Å². The quantitative estimate of drug-likeness (QED) is 0.897. The third kappa shape index (κ3) is 2.82. The van der Waals surface area contributed by atoms with E-state index in [1.165, 1.54) is 25.0 Å². The summed E-state index contributed by atoms with van der Waals surface area (Å²) in [5, 5.41) is 13.2. The van der Waals surface area contributed by atoms with Crippen LogP contribution in [0.15, 0.2) is 35.4 Å². The molecule has 1 aliphatic rings. The molecular weight excluding hydrogens is 264 g/mol. The highest BCUT2D eigenvalue weighted by molar-refractivity contribution is 7.89. The van der Waals surface area contributed by atoms with Gasteiger partial charge in [-0.25, -0.2) is 18.2 Å². The third-order valence-electron chi connectivity index (χ3n) is 3.15. The SMILES string of the molecule is NS(=O)(=O)c1ccc(Cn2cc(C3CC3)nn2)cc1. The van der Waals surface area contributed by atoms with Crippen LogP contribution in [0.2, 0.25) is 0 Å². The fourth-order valence-corrected chi connectivity index (χ4v) is 2.44. The Morgan fingerprint density at radius 2 is 1.95 bits per heavy atom. The van der Waals surface area contributed by atoms with Crippen LogP contribution in [0, 0.1) is 0 Å². The standard InChI is InChI=1S/C12H14N4O2S/c13-19(17,18)11-5-1-9(2-6-11)7-16-8-12(14-15-16)10-3-4-10/h1-2,5-6,8,10H,3-4,7H2,(H2,13,17,18). The minimum absolute atomic E-state index is 0.119. The van der Waals surface area contributed by atoms with E-state index in [1.54, 1.807) is 16.8 Å². The second kappa shape index (κ2) is 4.43. The summed E-state index contributed by atoms with van der Waals surface area (Å²) < 4.78 is 24.0. The van der Waals surface area contributed by atoms with Gasteiger partial charge in [-0.1, -0.05) is 17.3 Å². The molecule has 6 nitrogen and oxygen atoms in total. The summed E-state index contributed by atoms with van der Waals surface area (Å²) in [5.74, 6) is 0.582. The largest absolute Gasteiger partial charge is 0.248 e. The van der Waals surface area contributed by atoms with Crippen LogP contribution >= 0.6 is 0 Å². The van der Waals surface area contributed by atoms with E-state index in [4.69, 9.17) is 5.14 Å². The predicted molar refractivity (Wildman–Crippen MR) is 68.9 cm³/mol. The lowest BCUT2D eigenvalue weighted by molar-refractivity contribution is 0.597. The minimum atomic E-state index is -3.63. The van der Waals surface area contributed by atoms with Gasteiger partial charge in [0.15, 0.2) is 0 Å². The first-order valence-corrected chi connectivity index (χ1v) is 7.59. The molecule has 0 unspecified atom stereocenters. The molecule has 1 heterocycles. The number of primary sulfonamides is 1. The van der Waals surface area contributed by atoms with Crippen molar-refractivity contribution in [2.24, 2.45) is 5.14 Å². The van der Waals surface area contributed by atoms with Crippen LogP contribution in [0.1, 0.15) is 30.0 Å². The van der Waals surface area contributed by atoms with E-state index in [0.29, 0.717) is 12.5 Å². The summed E-state index contributed by atoms with van der Waals surface area (Å²) in [4.78, 5) is 0.119. The summed E-state index contributed by atoms with van der Waals surface area (Å²) in [6, 6.07) is 6.48. The maximum Gasteiger partial charge on any atom is 0.238 e. The molecule has 0 aliphatic heterocycles. The smallest absolute Gasteiger partial charge is 0.238 e. The van der Waals surface area contributed by atoms with Gasteiger partial charge in [-0.3, -0.25) is 0 Å². The van der Waals surface area contributed by atoms with E-state index in [9.17, 15) is 8.42 Å². The Hall–Kier alpha value is -1.73. The van der Waals surface area contributed by atoms with Gasteiger partial charge in [-0.2, -0.15) is 0 Å². The van der Waals surface area contributed by atoms with Gasteiger partial charge in [0.1, 0.15) is 0 Å². The zero-order valence-electron chi connectivity index (χ0n) is 10.2. The first-order chi connectivity index (χ1) is 9.02. The van der Waals surface area contributed by atoms with Gasteiger partial charge < -0.3 is 0 Å². The van der Waals surface area contributed by atoms with Crippen molar-refractivity contribution in [2.45, 2.75) is 30.2 Å². The summed E-state index contributed by atoms with van der Waals surface area (Å²) in [6.07, 6.45) is 4.34. The van der Waals surface area contributed by atoms with Crippen molar-refractivity contribution in [2.75, 3.05) is 0 Å². The molecule has 1 fully saturated rings. The van der Waals surface area contributed by atoms with Crippen LogP contribution < -0.4 is 5.14 Å². The van der Waals surface area contributed by atoms with Crippen molar-refractivity contribution >= 4 is 10.0 Å². The fourth-order valence-electron chi connectivity index (χ4n) is 1.93. The Morgan fingerprint density at radius 1 is 1.26 bits per heavy atom. The Bertz CT molecular complexity index is 687. The Balaban J connectivity index is 1.75. The molecule has 1 aliphatic carbocycles. The first kappa shape index (κ1) is 12.3. The third-order valence-corrected chi connectivity index (χ3v) is 4.08. The van der Waals surface area contributed by atoms with E-state index in [2.05, 4.69) is 10.3 Å². The van der Waals surface area contributed by atoms with Gasteiger partial charge in [0.25, 0.3) is 0 Å². The maximum absolute atomic E-state index is 11.1. The highest BCUT2D eigenvalue weighted by atomic mass is 32.2. The molecule has 2 aromatic rings. The predicted octanol–water partition coefficient (Wildman–Crippen LogP) is 0.851. The van der Waals surface area contributed by atoms with Gasteiger partial charge >= 0.3 is 0 Å². The molecular formula is C12H14N4O2S. The van der Waals surface area contributed by atoms with Crippen molar-refractivity contribution in [3.63, 3.8) is 0 Å². The van der Waals surface area contributed by atoms with Gasteiger partial charge in [0, 0.05) is 12.1 Å². The zero-order valence-corrected chi connectivity index (χ0v) is 11.0. The second-order valence-electron chi connectivity index (χ2n) is 4.80. The lowest BCUT2D eigenvalue weighted by atomic mass is 10.2. The molecule has 0 atom stereocenters. The second-order valence-corrected chi connectivity index (χ2v) is 6.37. The zero-order chi connectivity index (χ0) is 13.5. The van der Waals surface area contributed by atoms with Crippen molar-refractivity contribution < 1.29 is 8.42 Å². The van der Waals surface area contributed by atoms with Gasteiger partial charge in [0.05, 0.1) is 17.1 Å². The van der Waals surface area contributed by atoms with Gasteiger partial charge in [-0.05, 0) is 30.5 Å². The van der Waals surface area contributed by atoms with Crippen molar-refractivity contribution in [3.8, 4) is 0 Å². The summed E-state index contributed by atoms with van der Waals surface area (Å²) in [7, 11) is -3.63. The van der Waals surface area contributed by atoms with Crippen LogP contribution in [0.4, 0.5) is 0 Å². The maximum atomic E-state index is 11.1. The fraction of sp³-hybridized carbons (Fsp3) is 0.333. The van der Waals surface area contributed by atoms with Crippen LogP contribution in [-0.4, -0.2) is 23.4 Å². The lowest BCUT2D eigenvalue weighted by Gasteiger charge is -2.02. The molecule has 0 radical (unpaired) electrons. The van der Waals surface area contributed by atoms with Crippen LogP contribution in [0.3, 0.4) is 0 Å². The number of hydrogen-bond donors (Lipinski definition) is 1. The van der Waals surface area contributed by atoms with Crippen LogP contribution in [-0.2, 0) is 16.6 Å². The normalized spacial score (nSPS) is 15.6. The molecule has 3 rings (SSSR count). The van der Waals surface area contributed by atoms with Crippen molar-refractivity contribution in [1.29, 1.82) is 0 Å². The molecule has 0 spiro atoms. The average Bonchev–Trinajstić information content (AvgIpc) is 3.10. The monoisotopic (exact) mass is 278 g/mol. The Kier molecular flexibility index (Phi) is 2.87. The molecule has 100 valence electrons. The van der Waals surface area contributed by atoms with Crippen LogP contribution in [0.5, 0.6) is 0 Å². The van der Waals surface area contributed by atoms with E-state index in [-0.39, 0.29) is 4.90 Å².